The van der Waals surface area contributed by atoms with Gasteiger partial charge in [0.05, 0.1) is 10.6 Å². The summed E-state index contributed by atoms with van der Waals surface area (Å²) in [5.74, 6) is 1.17. The fourth-order valence-corrected chi connectivity index (χ4v) is 4.32. The molecule has 1 saturated carbocycles. The highest BCUT2D eigenvalue weighted by atomic mass is 32.2. The Morgan fingerprint density at radius 1 is 1.00 bits per heavy atom. The van der Waals surface area contributed by atoms with Crippen LogP contribution in [-0.4, -0.2) is 14.2 Å². The molecule has 0 N–H and O–H groups in total. The fraction of sp³-hybridized carbons (Fsp3) is 0.368. The molecule has 0 radical (unpaired) electrons. The maximum Gasteiger partial charge on any atom is 0.178 e. The number of rotatable bonds is 5. The van der Waals surface area contributed by atoms with Crippen LogP contribution in [0.4, 0.5) is 0 Å². The Kier molecular flexibility index (Phi) is 4.09. The van der Waals surface area contributed by atoms with Crippen molar-refractivity contribution in [2.75, 3.05) is 5.75 Å². The van der Waals surface area contributed by atoms with Crippen molar-refractivity contribution in [3.8, 4) is 11.1 Å². The molecule has 0 saturated heterocycles. The van der Waals surface area contributed by atoms with E-state index in [0.29, 0.717) is 22.5 Å². The van der Waals surface area contributed by atoms with Gasteiger partial charge in [0.15, 0.2) is 9.84 Å². The van der Waals surface area contributed by atoms with Gasteiger partial charge in [-0.15, -0.1) is 0 Å². The maximum atomic E-state index is 12.3. The first kappa shape index (κ1) is 15.3. The molecule has 22 heavy (non-hydrogen) atoms. The van der Waals surface area contributed by atoms with Crippen LogP contribution in [0.2, 0.25) is 0 Å². The molecule has 0 atom stereocenters. The summed E-state index contributed by atoms with van der Waals surface area (Å²) < 4.78 is 24.5. The van der Waals surface area contributed by atoms with Crippen LogP contribution in [0.1, 0.15) is 38.2 Å². The first-order chi connectivity index (χ1) is 10.5. The molecular formula is C19H22O2S. The van der Waals surface area contributed by atoms with E-state index in [-0.39, 0.29) is 0 Å². The van der Waals surface area contributed by atoms with Crippen molar-refractivity contribution in [2.45, 2.75) is 37.5 Å². The second-order valence-electron chi connectivity index (χ2n) is 6.53. The Balaban J connectivity index is 1.86. The SMILES string of the molecule is CC(C)c1cccc(-c2ccc(S(=O)(=O)CC3CC3)cc2)c1. The van der Waals surface area contributed by atoms with Gasteiger partial charge in [-0.2, -0.15) is 0 Å². The lowest BCUT2D eigenvalue weighted by Gasteiger charge is -2.09. The van der Waals surface area contributed by atoms with Crippen molar-refractivity contribution in [1.29, 1.82) is 0 Å². The minimum Gasteiger partial charge on any atom is -0.224 e. The van der Waals surface area contributed by atoms with Crippen LogP contribution in [0, 0.1) is 5.92 Å². The third kappa shape index (κ3) is 3.41. The molecule has 2 aromatic rings. The van der Waals surface area contributed by atoms with E-state index in [4.69, 9.17) is 0 Å². The molecular weight excluding hydrogens is 292 g/mol. The van der Waals surface area contributed by atoms with E-state index in [1.165, 1.54) is 5.56 Å². The van der Waals surface area contributed by atoms with E-state index in [1.54, 1.807) is 12.1 Å². The quantitative estimate of drug-likeness (QED) is 0.804. The minimum absolute atomic E-state index is 0.301. The summed E-state index contributed by atoms with van der Waals surface area (Å²) in [5, 5.41) is 0. The van der Waals surface area contributed by atoms with Gasteiger partial charge in [-0.25, -0.2) is 8.42 Å². The lowest BCUT2D eigenvalue weighted by Crippen LogP contribution is -2.08. The van der Waals surface area contributed by atoms with Gasteiger partial charge in [-0.3, -0.25) is 0 Å². The van der Waals surface area contributed by atoms with Crippen molar-refractivity contribution in [3.63, 3.8) is 0 Å². The topological polar surface area (TPSA) is 34.1 Å². The molecule has 1 fully saturated rings. The van der Waals surface area contributed by atoms with Gasteiger partial charge in [0, 0.05) is 0 Å². The Bertz CT molecular complexity index is 754. The van der Waals surface area contributed by atoms with E-state index in [1.807, 2.05) is 12.1 Å². The fourth-order valence-electron chi connectivity index (χ4n) is 2.62. The smallest absolute Gasteiger partial charge is 0.178 e. The Morgan fingerprint density at radius 2 is 1.68 bits per heavy atom. The second kappa shape index (κ2) is 5.88. The van der Waals surface area contributed by atoms with Gasteiger partial charge in [-0.05, 0) is 53.5 Å². The summed E-state index contributed by atoms with van der Waals surface area (Å²) in [6.45, 7) is 4.35. The monoisotopic (exact) mass is 314 g/mol. The van der Waals surface area contributed by atoms with Crippen LogP contribution < -0.4 is 0 Å². The van der Waals surface area contributed by atoms with Crippen LogP contribution in [0.25, 0.3) is 11.1 Å². The molecule has 0 aromatic heterocycles. The van der Waals surface area contributed by atoms with E-state index in [0.717, 1.165) is 24.0 Å². The zero-order valence-corrected chi connectivity index (χ0v) is 13.9. The standard InChI is InChI=1S/C19H22O2S/c1-14(2)17-4-3-5-18(12-17)16-8-10-19(11-9-16)22(20,21)13-15-6-7-15/h3-5,8-12,14-15H,6-7,13H2,1-2H3. The number of hydrogen-bond donors (Lipinski definition) is 0. The third-order valence-electron chi connectivity index (χ3n) is 4.25. The van der Waals surface area contributed by atoms with Gasteiger partial charge in [0.1, 0.15) is 0 Å². The Morgan fingerprint density at radius 3 is 2.27 bits per heavy atom. The molecule has 0 heterocycles. The number of sulfone groups is 1. The minimum atomic E-state index is -3.12. The van der Waals surface area contributed by atoms with Crippen molar-refractivity contribution < 1.29 is 8.42 Å². The van der Waals surface area contributed by atoms with Gasteiger partial charge in [0.2, 0.25) is 0 Å². The second-order valence-corrected chi connectivity index (χ2v) is 8.56. The maximum absolute atomic E-state index is 12.3. The Labute approximate surface area is 133 Å². The zero-order valence-electron chi connectivity index (χ0n) is 13.1. The highest BCUT2D eigenvalue weighted by molar-refractivity contribution is 7.91. The largest absolute Gasteiger partial charge is 0.224 e. The predicted octanol–water partition coefficient (Wildman–Crippen LogP) is 4.66. The molecule has 0 bridgehead atoms. The molecule has 1 aliphatic rings. The van der Waals surface area contributed by atoms with Crippen LogP contribution in [0.15, 0.2) is 53.4 Å². The summed E-state index contributed by atoms with van der Waals surface area (Å²) in [6, 6.07) is 15.8. The normalized spacial score (nSPS) is 15.2. The van der Waals surface area contributed by atoms with E-state index >= 15 is 0 Å². The molecule has 0 spiro atoms. The first-order valence-electron chi connectivity index (χ1n) is 7.89. The van der Waals surface area contributed by atoms with Crippen molar-refractivity contribution >= 4 is 9.84 Å². The van der Waals surface area contributed by atoms with E-state index < -0.39 is 9.84 Å². The van der Waals surface area contributed by atoms with E-state index in [9.17, 15) is 8.42 Å². The van der Waals surface area contributed by atoms with E-state index in [2.05, 4.69) is 38.1 Å². The molecule has 0 unspecified atom stereocenters. The molecule has 1 aliphatic carbocycles. The highest BCUT2D eigenvalue weighted by Crippen LogP contribution is 2.32. The molecule has 0 amide bonds. The van der Waals surface area contributed by atoms with Crippen LogP contribution in [0.3, 0.4) is 0 Å². The Hall–Kier alpha value is -1.61. The summed E-state index contributed by atoms with van der Waals surface area (Å²) in [5.41, 5.74) is 3.49. The summed E-state index contributed by atoms with van der Waals surface area (Å²) in [7, 11) is -3.12. The van der Waals surface area contributed by atoms with Crippen molar-refractivity contribution in [3.05, 3.63) is 54.1 Å². The predicted molar refractivity (Wildman–Crippen MR) is 90.7 cm³/mol. The summed E-state index contributed by atoms with van der Waals surface area (Å²) in [4.78, 5) is 0.447. The first-order valence-corrected chi connectivity index (χ1v) is 9.54. The summed E-state index contributed by atoms with van der Waals surface area (Å²) in [6.07, 6.45) is 2.11. The van der Waals surface area contributed by atoms with Crippen LogP contribution in [0.5, 0.6) is 0 Å². The summed E-state index contributed by atoms with van der Waals surface area (Å²) >= 11 is 0. The van der Waals surface area contributed by atoms with Gasteiger partial charge >= 0.3 is 0 Å². The average Bonchev–Trinajstić information content (AvgIpc) is 3.31. The van der Waals surface area contributed by atoms with Crippen molar-refractivity contribution in [2.24, 2.45) is 5.92 Å². The van der Waals surface area contributed by atoms with Crippen LogP contribution in [-0.2, 0) is 9.84 Å². The van der Waals surface area contributed by atoms with Gasteiger partial charge in [0.25, 0.3) is 0 Å². The number of hydrogen-bond acceptors (Lipinski definition) is 2. The average molecular weight is 314 g/mol. The molecule has 0 aliphatic heterocycles. The van der Waals surface area contributed by atoms with Gasteiger partial charge < -0.3 is 0 Å². The molecule has 3 rings (SSSR count). The lowest BCUT2D eigenvalue weighted by atomic mass is 9.97. The highest BCUT2D eigenvalue weighted by Gasteiger charge is 2.28. The van der Waals surface area contributed by atoms with Gasteiger partial charge in [-0.1, -0.05) is 50.2 Å². The zero-order chi connectivity index (χ0) is 15.7. The van der Waals surface area contributed by atoms with Crippen LogP contribution >= 0.6 is 0 Å². The molecule has 2 aromatic carbocycles. The molecule has 2 nitrogen and oxygen atoms in total. The molecule has 3 heteroatoms. The van der Waals surface area contributed by atoms with Crippen molar-refractivity contribution in [1.82, 2.24) is 0 Å². The third-order valence-corrected chi connectivity index (χ3v) is 6.15. The number of benzene rings is 2. The lowest BCUT2D eigenvalue weighted by molar-refractivity contribution is 0.592. The molecule has 116 valence electrons.